The van der Waals surface area contributed by atoms with E-state index in [2.05, 4.69) is 26.1 Å². The van der Waals surface area contributed by atoms with Gasteiger partial charge in [0.15, 0.2) is 0 Å². The standard InChI is InChI=1S/C32H46N4O6/c1-19-15-32(2,3)11-10-26(19)34-30(38)28-25(18-37)27(16-33)42-36(28)17-20-8-7-9-24(29(20)41-6)21-12-22(31(39)40)14-23(13-21)35(4)5/h7-9,12-14,19,25-28,37H,10-11,15-18,33H2,1-6H3,(H,34,38)(H,39,40)/t19?,25?,26-,27?,28?/m0/s1. The normalized spacial score (nSPS) is 25.7. The van der Waals surface area contributed by atoms with Gasteiger partial charge in [-0.15, -0.1) is 0 Å². The lowest BCUT2D eigenvalue weighted by molar-refractivity contribution is -0.174. The number of aromatic carboxylic acids is 1. The molecule has 1 amide bonds. The number of anilines is 1. The second-order valence-corrected chi connectivity index (χ2v) is 12.7. The molecule has 10 nitrogen and oxygen atoms in total. The number of carbonyl (C=O) groups excluding carboxylic acids is 1. The number of aliphatic hydroxyl groups is 1. The van der Waals surface area contributed by atoms with Crippen LogP contribution in [-0.2, 0) is 16.2 Å². The minimum atomic E-state index is -1.02. The summed E-state index contributed by atoms with van der Waals surface area (Å²) in [5.74, 6) is -0.812. The topological polar surface area (TPSA) is 138 Å². The maximum atomic E-state index is 13.8. The molecule has 4 unspecified atom stereocenters. The molecule has 1 saturated heterocycles. The van der Waals surface area contributed by atoms with Crippen molar-refractivity contribution >= 4 is 17.6 Å². The summed E-state index contributed by atoms with van der Waals surface area (Å²) in [6.45, 7) is 6.83. The minimum absolute atomic E-state index is 0.0499. The van der Waals surface area contributed by atoms with Gasteiger partial charge in [-0.2, -0.15) is 5.06 Å². The number of ether oxygens (including phenoxy) is 1. The number of methoxy groups -OCH3 is 1. The van der Waals surface area contributed by atoms with E-state index < -0.39 is 24.0 Å². The Bertz CT molecular complexity index is 1280. The van der Waals surface area contributed by atoms with Crippen molar-refractivity contribution in [1.29, 1.82) is 0 Å². The molecule has 0 bridgehead atoms. The van der Waals surface area contributed by atoms with Gasteiger partial charge in [-0.05, 0) is 54.4 Å². The largest absolute Gasteiger partial charge is 0.496 e. The summed E-state index contributed by atoms with van der Waals surface area (Å²) in [6, 6.07) is 10.1. The lowest BCUT2D eigenvalue weighted by Crippen LogP contribution is -2.53. The number of hydroxylamine groups is 2. The van der Waals surface area contributed by atoms with Gasteiger partial charge >= 0.3 is 5.97 Å². The van der Waals surface area contributed by atoms with Gasteiger partial charge in [-0.3, -0.25) is 9.63 Å². The van der Waals surface area contributed by atoms with Crippen molar-refractivity contribution in [3.05, 3.63) is 47.5 Å². The van der Waals surface area contributed by atoms with Crippen LogP contribution in [0.15, 0.2) is 36.4 Å². The Balaban J connectivity index is 1.66. The van der Waals surface area contributed by atoms with Crippen LogP contribution in [0.1, 0.15) is 56.0 Å². The van der Waals surface area contributed by atoms with Gasteiger partial charge in [0.25, 0.3) is 0 Å². The number of carbonyl (C=O) groups is 2. The summed E-state index contributed by atoms with van der Waals surface area (Å²) in [5.41, 5.74) is 9.34. The molecule has 5 atom stereocenters. The first kappa shape index (κ1) is 31.7. The highest BCUT2D eigenvalue weighted by Crippen LogP contribution is 2.40. The molecule has 4 rings (SSSR count). The summed E-state index contributed by atoms with van der Waals surface area (Å²) in [4.78, 5) is 33.7. The van der Waals surface area contributed by atoms with Gasteiger partial charge in [-0.25, -0.2) is 4.79 Å². The molecule has 0 aromatic heterocycles. The van der Waals surface area contributed by atoms with E-state index in [1.54, 1.807) is 24.3 Å². The highest BCUT2D eigenvalue weighted by atomic mass is 16.7. The predicted molar refractivity (Wildman–Crippen MR) is 162 cm³/mol. The highest BCUT2D eigenvalue weighted by Gasteiger charge is 2.47. The summed E-state index contributed by atoms with van der Waals surface area (Å²) < 4.78 is 5.88. The van der Waals surface area contributed by atoms with Crippen LogP contribution in [0.25, 0.3) is 11.1 Å². The smallest absolute Gasteiger partial charge is 0.335 e. The molecule has 42 heavy (non-hydrogen) atoms. The Labute approximate surface area is 248 Å². The summed E-state index contributed by atoms with van der Waals surface area (Å²) >= 11 is 0. The molecule has 230 valence electrons. The fraction of sp³-hybridized carbons (Fsp3) is 0.562. The first-order valence-corrected chi connectivity index (χ1v) is 14.7. The quantitative estimate of drug-likeness (QED) is 0.332. The van der Waals surface area contributed by atoms with Crippen LogP contribution < -0.4 is 20.7 Å². The number of hydrogen-bond acceptors (Lipinski definition) is 8. The lowest BCUT2D eigenvalue weighted by atomic mass is 9.70. The Morgan fingerprint density at radius 2 is 1.98 bits per heavy atom. The fourth-order valence-corrected chi connectivity index (χ4v) is 6.55. The fourth-order valence-electron chi connectivity index (χ4n) is 6.55. The molecular formula is C32H46N4O6. The Hall–Kier alpha value is -3.18. The van der Waals surface area contributed by atoms with Crippen molar-refractivity contribution in [2.45, 2.75) is 64.8 Å². The van der Waals surface area contributed by atoms with Crippen LogP contribution in [0.3, 0.4) is 0 Å². The molecule has 1 aliphatic heterocycles. The molecule has 10 heteroatoms. The number of nitrogens with two attached hydrogens (primary N) is 1. The van der Waals surface area contributed by atoms with Crippen molar-refractivity contribution in [2.24, 2.45) is 23.0 Å². The number of aliphatic hydroxyl groups excluding tert-OH is 1. The molecule has 5 N–H and O–H groups in total. The maximum Gasteiger partial charge on any atom is 0.335 e. The average molecular weight is 583 g/mol. The van der Waals surface area contributed by atoms with Crippen LogP contribution >= 0.6 is 0 Å². The van der Waals surface area contributed by atoms with Crippen molar-refractivity contribution in [3.8, 4) is 16.9 Å². The van der Waals surface area contributed by atoms with Crippen LogP contribution in [0.2, 0.25) is 0 Å². The van der Waals surface area contributed by atoms with Gasteiger partial charge < -0.3 is 30.9 Å². The van der Waals surface area contributed by atoms with E-state index in [9.17, 15) is 19.8 Å². The molecule has 2 fully saturated rings. The van der Waals surface area contributed by atoms with Crippen molar-refractivity contribution in [3.63, 3.8) is 0 Å². The predicted octanol–water partition coefficient (Wildman–Crippen LogP) is 3.51. The van der Waals surface area contributed by atoms with Crippen LogP contribution in [0.4, 0.5) is 5.69 Å². The van der Waals surface area contributed by atoms with E-state index in [1.165, 1.54) is 0 Å². The number of nitrogens with one attached hydrogen (secondary N) is 1. The molecule has 1 heterocycles. The zero-order chi connectivity index (χ0) is 30.8. The Morgan fingerprint density at radius 1 is 1.24 bits per heavy atom. The van der Waals surface area contributed by atoms with E-state index in [0.29, 0.717) is 22.8 Å². The van der Waals surface area contributed by atoms with Gasteiger partial charge in [0.05, 0.1) is 31.9 Å². The average Bonchev–Trinajstić information content (AvgIpc) is 3.31. The first-order chi connectivity index (χ1) is 19.9. The third-order valence-corrected chi connectivity index (χ3v) is 8.82. The lowest BCUT2D eigenvalue weighted by Gasteiger charge is -2.40. The number of benzene rings is 2. The number of para-hydroxylation sites is 1. The Kier molecular flexibility index (Phi) is 9.82. The molecule has 0 radical (unpaired) electrons. The van der Waals surface area contributed by atoms with Crippen molar-refractivity contribution < 1.29 is 29.4 Å². The highest BCUT2D eigenvalue weighted by molar-refractivity contribution is 5.92. The molecule has 2 aromatic rings. The molecule has 2 aliphatic rings. The van der Waals surface area contributed by atoms with Crippen LogP contribution in [-0.4, -0.2) is 79.7 Å². The minimum Gasteiger partial charge on any atom is -0.496 e. The Morgan fingerprint density at radius 3 is 2.57 bits per heavy atom. The number of carboxylic acid groups (broad SMARTS) is 1. The number of nitrogens with zero attached hydrogens (tertiary/aromatic N) is 2. The van der Waals surface area contributed by atoms with Gasteiger partial charge in [0.2, 0.25) is 5.91 Å². The van der Waals surface area contributed by atoms with Crippen molar-refractivity contribution in [1.82, 2.24) is 10.4 Å². The summed E-state index contributed by atoms with van der Waals surface area (Å²) in [6.07, 6.45) is 2.44. The zero-order valence-electron chi connectivity index (χ0n) is 25.6. The van der Waals surface area contributed by atoms with Crippen LogP contribution in [0.5, 0.6) is 5.75 Å². The van der Waals surface area contributed by atoms with E-state index in [-0.39, 0.29) is 42.6 Å². The van der Waals surface area contributed by atoms with Gasteiger partial charge in [-0.1, -0.05) is 39.0 Å². The summed E-state index contributed by atoms with van der Waals surface area (Å²) in [5, 5.41) is 24.9. The maximum absolute atomic E-state index is 13.8. The van der Waals surface area contributed by atoms with E-state index in [4.69, 9.17) is 15.3 Å². The second-order valence-electron chi connectivity index (χ2n) is 12.7. The van der Waals surface area contributed by atoms with Crippen molar-refractivity contribution in [2.75, 3.05) is 39.3 Å². The third-order valence-electron chi connectivity index (χ3n) is 8.82. The van der Waals surface area contributed by atoms with Crippen LogP contribution in [0, 0.1) is 17.3 Å². The summed E-state index contributed by atoms with van der Waals surface area (Å²) in [7, 11) is 5.28. The van der Waals surface area contributed by atoms with E-state index >= 15 is 0 Å². The molecule has 1 saturated carbocycles. The van der Waals surface area contributed by atoms with Gasteiger partial charge in [0.1, 0.15) is 11.8 Å². The monoisotopic (exact) mass is 582 g/mol. The van der Waals surface area contributed by atoms with E-state index in [0.717, 1.165) is 30.5 Å². The third kappa shape index (κ3) is 6.72. The first-order valence-electron chi connectivity index (χ1n) is 14.7. The number of carboxylic acids is 1. The molecule has 2 aromatic carbocycles. The molecular weight excluding hydrogens is 536 g/mol. The number of amides is 1. The molecule has 0 spiro atoms. The SMILES string of the molecule is COc1c(CN2OC(CN)C(CO)C2C(=O)N[C@H]2CCC(C)(C)CC2C)cccc1-c1cc(C(=O)O)cc(N(C)C)c1. The van der Waals surface area contributed by atoms with Gasteiger partial charge in [0, 0.05) is 49.4 Å². The zero-order valence-corrected chi connectivity index (χ0v) is 25.6. The number of rotatable bonds is 10. The number of hydrogen-bond donors (Lipinski definition) is 4. The second kappa shape index (κ2) is 13.0. The molecule has 1 aliphatic carbocycles. The van der Waals surface area contributed by atoms with E-state index in [1.807, 2.05) is 43.3 Å².